The number of ketones is 2. The standard InChI is InChI=1S/C28H46N2O4/c1-29(2,17-23-9-5-7-11-25(23)31)19-27(33)21-13-15-22(16-14-21)28(34)20-30(3,4)18-24-10-6-8-12-26(24)32/h13-16,23-26,31-32H,5-12,17-20H2,1-4H3/q+2. The number of nitrogens with zero attached hydrogens (tertiary/aromatic N) is 2. The number of Topliss-reactive ketones (excluding diaryl/α,β-unsaturated/α-hetero) is 2. The van der Waals surface area contributed by atoms with E-state index < -0.39 is 0 Å². The normalized spacial score (nSPS) is 26.3. The van der Waals surface area contributed by atoms with Crippen molar-refractivity contribution in [3.05, 3.63) is 35.4 Å². The van der Waals surface area contributed by atoms with Gasteiger partial charge in [0, 0.05) is 23.0 Å². The van der Waals surface area contributed by atoms with Crippen molar-refractivity contribution in [2.45, 2.75) is 63.6 Å². The lowest BCUT2D eigenvalue weighted by atomic mass is 9.85. The highest BCUT2D eigenvalue weighted by Crippen LogP contribution is 2.27. The van der Waals surface area contributed by atoms with Gasteiger partial charge in [0.2, 0.25) is 11.6 Å². The molecule has 6 heteroatoms. The third-order valence-electron chi connectivity index (χ3n) is 7.87. The Balaban J connectivity index is 1.54. The van der Waals surface area contributed by atoms with Crippen LogP contribution in [0.4, 0.5) is 0 Å². The Morgan fingerprint density at radius 1 is 0.676 bits per heavy atom. The molecule has 1 aromatic rings. The van der Waals surface area contributed by atoms with Gasteiger partial charge in [-0.1, -0.05) is 49.9 Å². The number of aliphatic hydroxyl groups is 2. The van der Waals surface area contributed by atoms with Crippen LogP contribution in [0, 0.1) is 11.8 Å². The van der Waals surface area contributed by atoms with E-state index in [1.54, 1.807) is 24.3 Å². The Morgan fingerprint density at radius 3 is 1.32 bits per heavy atom. The smallest absolute Gasteiger partial charge is 0.216 e. The van der Waals surface area contributed by atoms with Gasteiger partial charge in [-0.15, -0.1) is 0 Å². The second-order valence-electron chi connectivity index (χ2n) is 12.2. The van der Waals surface area contributed by atoms with Crippen molar-refractivity contribution >= 4 is 11.6 Å². The number of carbonyl (C=O) groups is 2. The molecule has 0 radical (unpaired) electrons. The number of carbonyl (C=O) groups excluding carboxylic acids is 2. The summed E-state index contributed by atoms with van der Waals surface area (Å²) in [7, 11) is 8.22. The molecule has 3 rings (SSSR count). The highest BCUT2D eigenvalue weighted by atomic mass is 16.3. The largest absolute Gasteiger partial charge is 0.393 e. The minimum Gasteiger partial charge on any atom is -0.393 e. The van der Waals surface area contributed by atoms with Crippen LogP contribution in [-0.4, -0.2) is 97.3 Å². The molecule has 0 saturated heterocycles. The van der Waals surface area contributed by atoms with Gasteiger partial charge in [0.25, 0.3) is 0 Å². The van der Waals surface area contributed by atoms with Crippen LogP contribution in [0.5, 0.6) is 0 Å². The number of quaternary nitrogens is 2. The maximum Gasteiger partial charge on any atom is 0.216 e. The van der Waals surface area contributed by atoms with Crippen LogP contribution in [0.2, 0.25) is 0 Å². The van der Waals surface area contributed by atoms with Gasteiger partial charge < -0.3 is 19.2 Å². The molecule has 0 spiro atoms. The molecule has 4 unspecified atom stereocenters. The SMILES string of the molecule is C[N+](C)(CC(=O)c1ccc(C(=O)C[N+](C)(C)CC2CCCCC2O)cc1)CC1CCCCC1O. The van der Waals surface area contributed by atoms with Crippen LogP contribution < -0.4 is 0 Å². The van der Waals surface area contributed by atoms with Crippen molar-refractivity contribution in [3.8, 4) is 0 Å². The highest BCUT2D eigenvalue weighted by molar-refractivity contribution is 6.00. The van der Waals surface area contributed by atoms with Gasteiger partial charge in [-0.2, -0.15) is 0 Å². The van der Waals surface area contributed by atoms with Crippen molar-refractivity contribution < 1.29 is 28.8 Å². The van der Waals surface area contributed by atoms with E-state index >= 15 is 0 Å². The lowest BCUT2D eigenvalue weighted by Crippen LogP contribution is -2.49. The predicted octanol–water partition coefficient (Wildman–Crippen LogP) is 3.31. The first kappa shape index (κ1) is 27.0. The van der Waals surface area contributed by atoms with E-state index in [0.717, 1.165) is 64.5 Å². The minimum absolute atomic E-state index is 0.0664. The highest BCUT2D eigenvalue weighted by Gasteiger charge is 2.33. The Hall–Kier alpha value is -1.60. The molecular weight excluding hydrogens is 428 g/mol. The molecule has 0 aromatic heterocycles. The lowest BCUT2D eigenvalue weighted by molar-refractivity contribution is -0.886. The maximum absolute atomic E-state index is 13.0. The number of benzene rings is 1. The molecule has 2 aliphatic rings. The van der Waals surface area contributed by atoms with Crippen LogP contribution in [-0.2, 0) is 0 Å². The van der Waals surface area contributed by atoms with E-state index in [1.165, 1.54) is 0 Å². The Kier molecular flexibility index (Phi) is 9.07. The third kappa shape index (κ3) is 7.70. The molecule has 6 nitrogen and oxygen atoms in total. The maximum atomic E-state index is 13.0. The van der Waals surface area contributed by atoms with Gasteiger partial charge in [0.15, 0.2) is 0 Å². The summed E-state index contributed by atoms with van der Waals surface area (Å²) in [5.74, 6) is 0.647. The van der Waals surface area contributed by atoms with Crippen molar-refractivity contribution in [3.63, 3.8) is 0 Å². The summed E-state index contributed by atoms with van der Waals surface area (Å²) in [5, 5.41) is 20.6. The minimum atomic E-state index is -0.254. The van der Waals surface area contributed by atoms with E-state index in [0.29, 0.717) is 33.2 Å². The Labute approximate surface area is 205 Å². The average Bonchev–Trinajstić information content (AvgIpc) is 2.76. The molecule has 2 N–H and O–H groups in total. The van der Waals surface area contributed by atoms with Gasteiger partial charge >= 0.3 is 0 Å². The predicted molar refractivity (Wildman–Crippen MR) is 135 cm³/mol. The molecule has 0 amide bonds. The summed E-state index contributed by atoms with van der Waals surface area (Å²) in [6.07, 6.45) is 7.78. The van der Waals surface area contributed by atoms with Crippen molar-refractivity contribution in [2.75, 3.05) is 54.4 Å². The first-order valence-electron chi connectivity index (χ1n) is 13.1. The fourth-order valence-corrected chi connectivity index (χ4v) is 6.00. The molecule has 2 fully saturated rings. The van der Waals surface area contributed by atoms with Crippen LogP contribution >= 0.6 is 0 Å². The van der Waals surface area contributed by atoms with Crippen molar-refractivity contribution in [2.24, 2.45) is 11.8 Å². The number of aliphatic hydroxyl groups excluding tert-OH is 2. The Morgan fingerprint density at radius 2 is 1.00 bits per heavy atom. The first-order chi connectivity index (χ1) is 16.0. The molecule has 2 saturated carbocycles. The lowest BCUT2D eigenvalue weighted by Gasteiger charge is -2.36. The molecule has 0 bridgehead atoms. The molecular formula is C28H46N2O4+2. The molecule has 4 atom stereocenters. The van der Waals surface area contributed by atoms with Crippen LogP contribution in [0.25, 0.3) is 0 Å². The summed E-state index contributed by atoms with van der Waals surface area (Å²) in [5.41, 5.74) is 1.26. The average molecular weight is 475 g/mol. The summed E-state index contributed by atoms with van der Waals surface area (Å²) in [6, 6.07) is 7.09. The second-order valence-corrected chi connectivity index (χ2v) is 12.2. The summed E-state index contributed by atoms with van der Waals surface area (Å²) >= 11 is 0. The number of likely N-dealkylation sites (N-methyl/N-ethyl adjacent to an activating group) is 2. The number of hydrogen-bond donors (Lipinski definition) is 2. The first-order valence-corrected chi connectivity index (χ1v) is 13.1. The fraction of sp³-hybridized carbons (Fsp3) is 0.714. The molecule has 1 aromatic carbocycles. The van der Waals surface area contributed by atoms with Crippen molar-refractivity contribution in [1.29, 1.82) is 0 Å². The van der Waals surface area contributed by atoms with E-state index in [9.17, 15) is 19.8 Å². The van der Waals surface area contributed by atoms with E-state index in [-0.39, 0.29) is 35.6 Å². The Bertz CT molecular complexity index is 764. The number of rotatable bonds is 10. The van der Waals surface area contributed by atoms with Crippen LogP contribution in [0.3, 0.4) is 0 Å². The molecule has 34 heavy (non-hydrogen) atoms. The summed E-state index contributed by atoms with van der Waals surface area (Å²) < 4.78 is 1.11. The van der Waals surface area contributed by atoms with Gasteiger partial charge in [0.05, 0.1) is 53.5 Å². The zero-order valence-electron chi connectivity index (χ0n) is 21.7. The zero-order chi connectivity index (χ0) is 24.9. The summed E-state index contributed by atoms with van der Waals surface area (Å²) in [4.78, 5) is 25.9. The van der Waals surface area contributed by atoms with E-state index in [1.807, 2.05) is 0 Å². The van der Waals surface area contributed by atoms with Crippen molar-refractivity contribution in [1.82, 2.24) is 0 Å². The quantitative estimate of drug-likeness (QED) is 0.403. The van der Waals surface area contributed by atoms with Gasteiger partial charge in [-0.05, 0) is 25.7 Å². The zero-order valence-corrected chi connectivity index (χ0v) is 21.7. The topological polar surface area (TPSA) is 74.6 Å². The monoisotopic (exact) mass is 474 g/mol. The number of hydrogen-bond acceptors (Lipinski definition) is 4. The van der Waals surface area contributed by atoms with E-state index in [2.05, 4.69) is 28.2 Å². The van der Waals surface area contributed by atoms with E-state index in [4.69, 9.17) is 0 Å². The molecule has 0 heterocycles. The van der Waals surface area contributed by atoms with Gasteiger partial charge in [-0.25, -0.2) is 0 Å². The molecule has 190 valence electrons. The molecule has 0 aliphatic heterocycles. The fourth-order valence-electron chi connectivity index (χ4n) is 6.00. The molecule has 2 aliphatic carbocycles. The van der Waals surface area contributed by atoms with Gasteiger partial charge in [0.1, 0.15) is 13.1 Å². The van der Waals surface area contributed by atoms with Gasteiger partial charge in [-0.3, -0.25) is 9.59 Å². The third-order valence-corrected chi connectivity index (χ3v) is 7.87. The van der Waals surface area contributed by atoms with Crippen LogP contribution in [0.15, 0.2) is 24.3 Å². The van der Waals surface area contributed by atoms with Crippen LogP contribution in [0.1, 0.15) is 72.1 Å². The second kappa shape index (κ2) is 11.4. The summed E-state index contributed by atoms with van der Waals surface area (Å²) in [6.45, 7) is 2.35.